The molecule has 1 aromatic carbocycles. The average Bonchev–Trinajstić information content (AvgIpc) is 2.74. The minimum Gasteiger partial charge on any atom is -0.405 e. The SMILES string of the molecule is Cc1[nH]cnc1CNc1ccc(OC(F)(F)F)c(Br)c1. The van der Waals surface area contributed by atoms with Crippen molar-refractivity contribution in [2.75, 3.05) is 5.32 Å². The zero-order valence-corrected chi connectivity index (χ0v) is 12.0. The highest BCUT2D eigenvalue weighted by Crippen LogP contribution is 2.32. The molecule has 2 N–H and O–H groups in total. The molecular weight excluding hydrogens is 339 g/mol. The molecule has 4 nitrogen and oxygen atoms in total. The third-order valence-corrected chi connectivity index (χ3v) is 3.17. The molecule has 2 aromatic rings. The molecular formula is C12H11BrF3N3O. The van der Waals surface area contributed by atoms with Gasteiger partial charge in [0.15, 0.2) is 0 Å². The molecule has 0 aliphatic rings. The Kier molecular flexibility index (Phi) is 4.22. The molecule has 108 valence electrons. The summed E-state index contributed by atoms with van der Waals surface area (Å²) in [4.78, 5) is 7.06. The molecule has 0 amide bonds. The summed E-state index contributed by atoms with van der Waals surface area (Å²) >= 11 is 3.05. The topological polar surface area (TPSA) is 49.9 Å². The first kappa shape index (κ1) is 14.7. The van der Waals surface area contributed by atoms with Crippen molar-refractivity contribution < 1.29 is 17.9 Å². The van der Waals surface area contributed by atoms with Gasteiger partial charge in [-0.05, 0) is 41.1 Å². The summed E-state index contributed by atoms with van der Waals surface area (Å²) in [7, 11) is 0. The van der Waals surface area contributed by atoms with Gasteiger partial charge in [0.05, 0.1) is 23.0 Å². The number of hydrogen-bond acceptors (Lipinski definition) is 3. The van der Waals surface area contributed by atoms with Gasteiger partial charge in [-0.15, -0.1) is 13.2 Å². The van der Waals surface area contributed by atoms with Crippen LogP contribution in [0.25, 0.3) is 0 Å². The number of anilines is 1. The monoisotopic (exact) mass is 349 g/mol. The summed E-state index contributed by atoms with van der Waals surface area (Å²) in [6, 6.07) is 4.27. The number of imidazole rings is 1. The molecule has 0 atom stereocenters. The number of alkyl halides is 3. The minimum absolute atomic E-state index is 0.221. The van der Waals surface area contributed by atoms with E-state index in [0.29, 0.717) is 12.2 Å². The number of aryl methyl sites for hydroxylation is 1. The molecule has 0 fully saturated rings. The van der Waals surface area contributed by atoms with Gasteiger partial charge >= 0.3 is 6.36 Å². The number of halogens is 4. The van der Waals surface area contributed by atoms with Gasteiger partial charge in [-0.3, -0.25) is 0 Å². The van der Waals surface area contributed by atoms with Gasteiger partial charge in [-0.1, -0.05) is 0 Å². The fourth-order valence-electron chi connectivity index (χ4n) is 1.57. The number of H-pyrrole nitrogens is 1. The van der Waals surface area contributed by atoms with Crippen LogP contribution in [0.3, 0.4) is 0 Å². The maximum absolute atomic E-state index is 12.1. The zero-order chi connectivity index (χ0) is 14.8. The zero-order valence-electron chi connectivity index (χ0n) is 10.4. The van der Waals surface area contributed by atoms with Crippen molar-refractivity contribution in [3.05, 3.63) is 40.4 Å². The molecule has 0 saturated carbocycles. The minimum atomic E-state index is -4.70. The van der Waals surface area contributed by atoms with Crippen molar-refractivity contribution in [1.82, 2.24) is 9.97 Å². The molecule has 2 rings (SSSR count). The molecule has 0 aliphatic heterocycles. The summed E-state index contributed by atoms with van der Waals surface area (Å²) in [6.07, 6.45) is -3.12. The van der Waals surface area contributed by atoms with Crippen molar-refractivity contribution in [1.29, 1.82) is 0 Å². The van der Waals surface area contributed by atoms with Gasteiger partial charge in [-0.25, -0.2) is 4.98 Å². The third-order valence-electron chi connectivity index (χ3n) is 2.55. The van der Waals surface area contributed by atoms with Crippen LogP contribution in [-0.4, -0.2) is 16.3 Å². The van der Waals surface area contributed by atoms with E-state index in [-0.39, 0.29) is 10.2 Å². The van der Waals surface area contributed by atoms with Crippen molar-refractivity contribution >= 4 is 21.6 Å². The molecule has 0 radical (unpaired) electrons. The summed E-state index contributed by atoms with van der Waals surface area (Å²) in [5, 5.41) is 3.07. The van der Waals surface area contributed by atoms with E-state index < -0.39 is 6.36 Å². The second-order valence-electron chi connectivity index (χ2n) is 4.02. The van der Waals surface area contributed by atoms with Crippen LogP contribution in [0.2, 0.25) is 0 Å². The quantitative estimate of drug-likeness (QED) is 0.877. The van der Waals surface area contributed by atoms with Gasteiger partial charge in [-0.2, -0.15) is 0 Å². The van der Waals surface area contributed by atoms with Crippen molar-refractivity contribution in [2.45, 2.75) is 19.8 Å². The number of hydrogen-bond donors (Lipinski definition) is 2. The Morgan fingerprint density at radius 2 is 2.15 bits per heavy atom. The largest absolute Gasteiger partial charge is 0.573 e. The van der Waals surface area contributed by atoms with E-state index in [0.717, 1.165) is 11.4 Å². The van der Waals surface area contributed by atoms with Gasteiger partial charge in [0, 0.05) is 11.4 Å². The Bertz CT molecular complexity index is 598. The van der Waals surface area contributed by atoms with Gasteiger partial charge in [0.1, 0.15) is 5.75 Å². The Morgan fingerprint density at radius 1 is 1.40 bits per heavy atom. The standard InChI is InChI=1S/C12H11BrF3N3O/c1-7-10(19-6-18-7)5-17-8-2-3-11(9(13)4-8)20-12(14,15)16/h2-4,6,17H,5H2,1H3,(H,18,19). The Hall–Kier alpha value is -1.70. The van der Waals surface area contributed by atoms with Crippen molar-refractivity contribution in [3.63, 3.8) is 0 Å². The van der Waals surface area contributed by atoms with E-state index in [1.165, 1.54) is 18.2 Å². The third kappa shape index (κ3) is 3.89. The van der Waals surface area contributed by atoms with E-state index in [9.17, 15) is 13.2 Å². The van der Waals surface area contributed by atoms with Gasteiger partial charge in [0.2, 0.25) is 0 Å². The van der Waals surface area contributed by atoms with Crippen LogP contribution in [0.5, 0.6) is 5.75 Å². The van der Waals surface area contributed by atoms with E-state index in [1.807, 2.05) is 6.92 Å². The van der Waals surface area contributed by atoms with Crippen LogP contribution >= 0.6 is 15.9 Å². The van der Waals surface area contributed by atoms with E-state index in [2.05, 4.69) is 36.0 Å². The average molecular weight is 350 g/mol. The first-order chi connectivity index (χ1) is 9.35. The summed E-state index contributed by atoms with van der Waals surface area (Å²) in [5.41, 5.74) is 2.44. The van der Waals surface area contributed by atoms with Crippen LogP contribution in [-0.2, 0) is 6.54 Å². The number of rotatable bonds is 4. The van der Waals surface area contributed by atoms with Gasteiger partial charge < -0.3 is 15.0 Å². The van der Waals surface area contributed by atoms with Crippen LogP contribution in [0.4, 0.5) is 18.9 Å². The Morgan fingerprint density at radius 3 is 2.70 bits per heavy atom. The lowest BCUT2D eigenvalue weighted by molar-refractivity contribution is -0.274. The number of nitrogens with zero attached hydrogens (tertiary/aromatic N) is 1. The lowest BCUT2D eigenvalue weighted by Crippen LogP contribution is -2.17. The first-order valence-corrected chi connectivity index (χ1v) is 6.42. The molecule has 0 aliphatic carbocycles. The smallest absolute Gasteiger partial charge is 0.405 e. The highest BCUT2D eigenvalue weighted by atomic mass is 79.9. The Balaban J connectivity index is 2.04. The maximum atomic E-state index is 12.1. The van der Waals surface area contributed by atoms with Gasteiger partial charge in [0.25, 0.3) is 0 Å². The normalized spacial score (nSPS) is 11.4. The summed E-state index contributed by atoms with van der Waals surface area (Å²) in [6.45, 7) is 2.36. The molecule has 8 heteroatoms. The molecule has 0 bridgehead atoms. The lowest BCUT2D eigenvalue weighted by atomic mass is 10.3. The number of ether oxygens (including phenoxy) is 1. The highest BCUT2D eigenvalue weighted by molar-refractivity contribution is 9.10. The Labute approximate surface area is 121 Å². The van der Waals surface area contributed by atoms with E-state index in [4.69, 9.17) is 0 Å². The van der Waals surface area contributed by atoms with Crippen LogP contribution in [0.1, 0.15) is 11.4 Å². The maximum Gasteiger partial charge on any atom is 0.573 e. The van der Waals surface area contributed by atoms with E-state index in [1.54, 1.807) is 6.33 Å². The number of aromatic nitrogens is 2. The lowest BCUT2D eigenvalue weighted by Gasteiger charge is -2.12. The van der Waals surface area contributed by atoms with Crippen LogP contribution in [0.15, 0.2) is 29.0 Å². The summed E-state index contributed by atoms with van der Waals surface area (Å²) < 4.78 is 40.5. The highest BCUT2D eigenvalue weighted by Gasteiger charge is 2.31. The molecule has 1 heterocycles. The van der Waals surface area contributed by atoms with Crippen LogP contribution in [0, 0.1) is 6.92 Å². The predicted octanol–water partition coefficient (Wildman–Crippen LogP) is 3.99. The molecule has 1 aromatic heterocycles. The number of benzene rings is 1. The second-order valence-corrected chi connectivity index (χ2v) is 4.88. The molecule has 0 spiro atoms. The molecule has 0 saturated heterocycles. The number of nitrogens with one attached hydrogen (secondary N) is 2. The fourth-order valence-corrected chi connectivity index (χ4v) is 2.03. The molecule has 20 heavy (non-hydrogen) atoms. The molecule has 0 unspecified atom stereocenters. The number of aromatic amines is 1. The summed E-state index contributed by atoms with van der Waals surface area (Å²) in [5.74, 6) is -0.279. The first-order valence-electron chi connectivity index (χ1n) is 5.63. The van der Waals surface area contributed by atoms with Crippen molar-refractivity contribution in [2.24, 2.45) is 0 Å². The predicted molar refractivity (Wildman–Crippen MR) is 71.5 cm³/mol. The fraction of sp³-hybridized carbons (Fsp3) is 0.250. The van der Waals surface area contributed by atoms with E-state index >= 15 is 0 Å². The van der Waals surface area contributed by atoms with Crippen LogP contribution < -0.4 is 10.1 Å². The second kappa shape index (κ2) is 5.74. The van der Waals surface area contributed by atoms with Crippen molar-refractivity contribution in [3.8, 4) is 5.75 Å².